The molecule has 104 valence electrons. The Morgan fingerprint density at radius 2 is 2.16 bits per heavy atom. The number of thioether (sulfide) groups is 1. The van der Waals surface area contributed by atoms with Crippen molar-refractivity contribution in [2.45, 2.75) is 25.0 Å². The quantitative estimate of drug-likeness (QED) is 0.918. The molecule has 0 spiro atoms. The van der Waals surface area contributed by atoms with Crippen molar-refractivity contribution in [3.63, 3.8) is 0 Å². The number of nitrogens with zero attached hydrogens (tertiary/aromatic N) is 1. The molecular weight excluding hydrogens is 256 g/mol. The first-order valence-corrected chi connectivity index (χ1v) is 7.99. The second-order valence-corrected chi connectivity index (χ2v) is 6.30. The number of benzene rings is 1. The Kier molecular flexibility index (Phi) is 5.28. The molecule has 2 N–H and O–H groups in total. The maximum absolute atomic E-state index is 12.4. The first kappa shape index (κ1) is 14.4. The molecule has 1 aromatic carbocycles. The summed E-state index contributed by atoms with van der Waals surface area (Å²) < 4.78 is 0. The second-order valence-electron chi connectivity index (χ2n) is 4.89. The van der Waals surface area contributed by atoms with E-state index in [4.69, 9.17) is 5.73 Å². The SMILES string of the molecule is CCC1CN(C(=O)c2ccc(CCN)cc2)CCS1. The molecule has 0 radical (unpaired) electrons. The van der Waals surface area contributed by atoms with Gasteiger partial charge in [0.2, 0.25) is 0 Å². The molecule has 1 unspecified atom stereocenters. The highest BCUT2D eigenvalue weighted by Gasteiger charge is 2.23. The number of carbonyl (C=O) groups is 1. The third-order valence-corrected chi connectivity index (χ3v) is 4.89. The maximum Gasteiger partial charge on any atom is 0.253 e. The third kappa shape index (κ3) is 3.74. The zero-order valence-electron chi connectivity index (χ0n) is 11.5. The summed E-state index contributed by atoms with van der Waals surface area (Å²) >= 11 is 1.98. The molecule has 3 nitrogen and oxygen atoms in total. The molecule has 19 heavy (non-hydrogen) atoms. The fourth-order valence-corrected chi connectivity index (χ4v) is 3.49. The van der Waals surface area contributed by atoms with Gasteiger partial charge in [-0.1, -0.05) is 19.1 Å². The number of carbonyl (C=O) groups excluding carboxylic acids is 1. The molecule has 1 aliphatic heterocycles. The van der Waals surface area contributed by atoms with Gasteiger partial charge in [-0.05, 0) is 37.1 Å². The van der Waals surface area contributed by atoms with Crippen molar-refractivity contribution < 1.29 is 4.79 Å². The van der Waals surface area contributed by atoms with Gasteiger partial charge in [-0.15, -0.1) is 0 Å². The molecule has 1 aliphatic rings. The highest BCUT2D eigenvalue weighted by Crippen LogP contribution is 2.22. The average Bonchev–Trinajstić information content (AvgIpc) is 2.48. The number of hydrogen-bond donors (Lipinski definition) is 1. The average molecular weight is 278 g/mol. The van der Waals surface area contributed by atoms with Gasteiger partial charge in [0.05, 0.1) is 0 Å². The maximum atomic E-state index is 12.4. The fraction of sp³-hybridized carbons (Fsp3) is 0.533. The predicted molar refractivity (Wildman–Crippen MR) is 81.6 cm³/mol. The van der Waals surface area contributed by atoms with Crippen LogP contribution in [0.2, 0.25) is 0 Å². The van der Waals surface area contributed by atoms with E-state index in [1.807, 2.05) is 40.9 Å². The van der Waals surface area contributed by atoms with Gasteiger partial charge in [0.1, 0.15) is 0 Å². The van der Waals surface area contributed by atoms with Crippen LogP contribution >= 0.6 is 11.8 Å². The minimum Gasteiger partial charge on any atom is -0.337 e. The van der Waals surface area contributed by atoms with E-state index in [-0.39, 0.29) is 5.91 Å². The van der Waals surface area contributed by atoms with E-state index in [0.29, 0.717) is 11.8 Å². The van der Waals surface area contributed by atoms with Gasteiger partial charge in [-0.3, -0.25) is 4.79 Å². The van der Waals surface area contributed by atoms with Gasteiger partial charge in [-0.2, -0.15) is 11.8 Å². The molecule has 0 aromatic heterocycles. The zero-order valence-corrected chi connectivity index (χ0v) is 12.3. The normalized spacial score (nSPS) is 19.5. The smallest absolute Gasteiger partial charge is 0.253 e. The van der Waals surface area contributed by atoms with Crippen LogP contribution in [0.15, 0.2) is 24.3 Å². The molecule has 0 bridgehead atoms. The van der Waals surface area contributed by atoms with Crippen LogP contribution in [0.3, 0.4) is 0 Å². The van der Waals surface area contributed by atoms with Crippen LogP contribution in [-0.2, 0) is 6.42 Å². The highest BCUT2D eigenvalue weighted by atomic mass is 32.2. The van der Waals surface area contributed by atoms with Gasteiger partial charge in [0, 0.05) is 29.7 Å². The van der Waals surface area contributed by atoms with Crippen molar-refractivity contribution in [2.24, 2.45) is 5.73 Å². The lowest BCUT2D eigenvalue weighted by Gasteiger charge is -2.32. The van der Waals surface area contributed by atoms with E-state index in [1.54, 1.807) is 0 Å². The summed E-state index contributed by atoms with van der Waals surface area (Å²) in [5, 5.41) is 0.592. The van der Waals surface area contributed by atoms with Crippen molar-refractivity contribution in [1.29, 1.82) is 0 Å². The number of hydrogen-bond acceptors (Lipinski definition) is 3. The molecule has 1 saturated heterocycles. The summed E-state index contributed by atoms with van der Waals surface area (Å²) in [5.41, 5.74) is 7.52. The molecule has 4 heteroatoms. The van der Waals surface area contributed by atoms with E-state index in [9.17, 15) is 4.79 Å². The Morgan fingerprint density at radius 1 is 1.42 bits per heavy atom. The van der Waals surface area contributed by atoms with Crippen LogP contribution in [0.25, 0.3) is 0 Å². The number of amides is 1. The van der Waals surface area contributed by atoms with Crippen molar-refractivity contribution in [3.8, 4) is 0 Å². The summed E-state index contributed by atoms with van der Waals surface area (Å²) in [6.45, 7) is 4.58. The number of nitrogens with two attached hydrogens (primary N) is 1. The largest absolute Gasteiger partial charge is 0.337 e. The monoisotopic (exact) mass is 278 g/mol. The zero-order chi connectivity index (χ0) is 13.7. The van der Waals surface area contributed by atoms with Crippen LogP contribution in [0.1, 0.15) is 29.3 Å². The van der Waals surface area contributed by atoms with E-state index < -0.39 is 0 Å². The minimum atomic E-state index is 0.165. The van der Waals surface area contributed by atoms with Crippen LogP contribution in [0.4, 0.5) is 0 Å². The molecule has 1 atom stereocenters. The van der Waals surface area contributed by atoms with E-state index in [1.165, 1.54) is 5.56 Å². The van der Waals surface area contributed by atoms with Crippen LogP contribution in [0, 0.1) is 0 Å². The van der Waals surface area contributed by atoms with Crippen LogP contribution in [0.5, 0.6) is 0 Å². The Bertz CT molecular complexity index is 419. The lowest BCUT2D eigenvalue weighted by molar-refractivity contribution is 0.0761. The van der Waals surface area contributed by atoms with E-state index in [2.05, 4.69) is 6.92 Å². The van der Waals surface area contributed by atoms with Gasteiger partial charge in [0.15, 0.2) is 0 Å². The first-order valence-electron chi connectivity index (χ1n) is 6.94. The van der Waals surface area contributed by atoms with Gasteiger partial charge in [-0.25, -0.2) is 0 Å². The molecule has 0 saturated carbocycles. The molecule has 0 aliphatic carbocycles. The Hall–Kier alpha value is -1.00. The summed E-state index contributed by atoms with van der Waals surface area (Å²) in [7, 11) is 0. The lowest BCUT2D eigenvalue weighted by Crippen LogP contribution is -2.41. The predicted octanol–water partition coefficient (Wildman–Crippen LogP) is 2.16. The van der Waals surface area contributed by atoms with Crippen LogP contribution in [-0.4, -0.2) is 41.4 Å². The van der Waals surface area contributed by atoms with Gasteiger partial charge >= 0.3 is 0 Å². The molecule has 1 heterocycles. The Balaban J connectivity index is 2.02. The molecule has 2 rings (SSSR count). The topological polar surface area (TPSA) is 46.3 Å². The van der Waals surface area contributed by atoms with Crippen molar-refractivity contribution in [2.75, 3.05) is 25.4 Å². The lowest BCUT2D eigenvalue weighted by atomic mass is 10.1. The first-order chi connectivity index (χ1) is 9.24. The highest BCUT2D eigenvalue weighted by molar-refractivity contribution is 8.00. The Morgan fingerprint density at radius 3 is 2.79 bits per heavy atom. The standard InChI is InChI=1S/C15H22N2OS/c1-2-14-11-17(9-10-19-14)15(18)13-5-3-12(4-6-13)7-8-16/h3-6,14H,2,7-11,16H2,1H3. The number of rotatable bonds is 4. The minimum absolute atomic E-state index is 0.165. The van der Waals surface area contributed by atoms with Crippen molar-refractivity contribution in [1.82, 2.24) is 4.90 Å². The summed E-state index contributed by atoms with van der Waals surface area (Å²) in [5.74, 6) is 1.22. The Labute approximate surface area is 119 Å². The summed E-state index contributed by atoms with van der Waals surface area (Å²) in [4.78, 5) is 14.4. The summed E-state index contributed by atoms with van der Waals surface area (Å²) in [6, 6.07) is 7.87. The van der Waals surface area contributed by atoms with Gasteiger partial charge < -0.3 is 10.6 Å². The molecule has 1 aromatic rings. The second kappa shape index (κ2) is 6.96. The molecule has 1 fully saturated rings. The van der Waals surface area contributed by atoms with Crippen LogP contribution < -0.4 is 5.73 Å². The fourth-order valence-electron chi connectivity index (χ4n) is 2.31. The summed E-state index contributed by atoms with van der Waals surface area (Å²) in [6.07, 6.45) is 2.00. The third-order valence-electron chi connectivity index (χ3n) is 3.52. The van der Waals surface area contributed by atoms with Crippen molar-refractivity contribution in [3.05, 3.63) is 35.4 Å². The molecular formula is C15H22N2OS. The van der Waals surface area contributed by atoms with E-state index in [0.717, 1.165) is 37.2 Å². The van der Waals surface area contributed by atoms with Gasteiger partial charge in [0.25, 0.3) is 5.91 Å². The van der Waals surface area contributed by atoms with Crippen molar-refractivity contribution >= 4 is 17.7 Å². The van der Waals surface area contributed by atoms with E-state index >= 15 is 0 Å². The molecule has 1 amide bonds.